The standard InChI is InChI=1S/C17H28N2O2/c1-6-19(4,5)13-12-17(2,3)18-16(20)21-14-15-10-8-7-9-11-15/h7-11H,6,12-14H2,1-5H3/p+1. The molecule has 0 unspecified atom stereocenters. The van der Waals surface area contributed by atoms with Gasteiger partial charge in [0.2, 0.25) is 0 Å². The number of hydrogen-bond donors (Lipinski definition) is 1. The molecule has 0 radical (unpaired) electrons. The SMILES string of the molecule is CC[N+](C)(C)CCC(C)(C)NC(=O)OCc1ccccc1. The third kappa shape index (κ3) is 7.14. The van der Waals surface area contributed by atoms with Gasteiger partial charge in [0.15, 0.2) is 0 Å². The Kier molecular flexibility index (Phi) is 6.21. The van der Waals surface area contributed by atoms with Crippen LogP contribution in [0.3, 0.4) is 0 Å². The van der Waals surface area contributed by atoms with E-state index in [1.54, 1.807) is 0 Å². The third-order valence-electron chi connectivity index (χ3n) is 3.85. The van der Waals surface area contributed by atoms with Crippen LogP contribution < -0.4 is 5.32 Å². The fourth-order valence-corrected chi connectivity index (χ4v) is 1.84. The lowest BCUT2D eigenvalue weighted by Gasteiger charge is -2.33. The molecular formula is C17H29N2O2+. The average molecular weight is 293 g/mol. The van der Waals surface area contributed by atoms with Gasteiger partial charge in [0.05, 0.1) is 27.2 Å². The largest absolute Gasteiger partial charge is 0.445 e. The molecule has 4 heteroatoms. The number of quaternary nitrogens is 1. The van der Waals surface area contributed by atoms with Gasteiger partial charge in [-0.25, -0.2) is 4.79 Å². The van der Waals surface area contributed by atoms with Crippen LogP contribution in [-0.2, 0) is 11.3 Å². The Bertz CT molecular complexity index is 441. The van der Waals surface area contributed by atoms with Crippen LogP contribution in [0.15, 0.2) is 30.3 Å². The molecule has 1 rings (SSSR count). The average Bonchev–Trinajstić information content (AvgIpc) is 2.44. The molecule has 118 valence electrons. The highest BCUT2D eigenvalue weighted by Gasteiger charge is 2.25. The third-order valence-corrected chi connectivity index (χ3v) is 3.85. The zero-order chi connectivity index (χ0) is 15.9. The second-order valence-corrected chi connectivity index (χ2v) is 6.80. The number of alkyl carbamates (subject to hydrolysis) is 1. The fraction of sp³-hybridized carbons (Fsp3) is 0.588. The highest BCUT2D eigenvalue weighted by molar-refractivity contribution is 5.68. The summed E-state index contributed by atoms with van der Waals surface area (Å²) >= 11 is 0. The predicted octanol–water partition coefficient (Wildman–Crippen LogP) is 3.18. The number of carbonyl (C=O) groups excluding carboxylic acids is 1. The van der Waals surface area contributed by atoms with Crippen molar-refractivity contribution in [3.05, 3.63) is 35.9 Å². The van der Waals surface area contributed by atoms with Gasteiger partial charge in [-0.2, -0.15) is 0 Å². The van der Waals surface area contributed by atoms with Crippen LogP contribution in [0.5, 0.6) is 0 Å². The van der Waals surface area contributed by atoms with Crippen LogP contribution in [0.4, 0.5) is 4.79 Å². The molecule has 1 N–H and O–H groups in total. The first-order valence-corrected chi connectivity index (χ1v) is 7.55. The summed E-state index contributed by atoms with van der Waals surface area (Å²) in [7, 11) is 4.40. The Morgan fingerprint density at radius 1 is 1.24 bits per heavy atom. The molecule has 1 aromatic carbocycles. The van der Waals surface area contributed by atoms with Crippen LogP contribution in [0, 0.1) is 0 Å². The molecule has 1 amide bonds. The highest BCUT2D eigenvalue weighted by Crippen LogP contribution is 2.12. The van der Waals surface area contributed by atoms with Crippen molar-refractivity contribution >= 4 is 6.09 Å². The molecule has 0 fully saturated rings. The van der Waals surface area contributed by atoms with Gasteiger partial charge >= 0.3 is 6.09 Å². The number of nitrogens with zero attached hydrogens (tertiary/aromatic N) is 1. The predicted molar refractivity (Wildman–Crippen MR) is 86.0 cm³/mol. The maximum Gasteiger partial charge on any atom is 0.407 e. The molecule has 1 aromatic rings. The molecule has 0 saturated carbocycles. The summed E-state index contributed by atoms with van der Waals surface area (Å²) in [5, 5.41) is 2.95. The fourth-order valence-electron chi connectivity index (χ4n) is 1.84. The van der Waals surface area contributed by atoms with E-state index in [-0.39, 0.29) is 11.6 Å². The minimum absolute atomic E-state index is 0.265. The van der Waals surface area contributed by atoms with Gasteiger partial charge in [0, 0.05) is 12.0 Å². The summed E-state index contributed by atoms with van der Waals surface area (Å²) in [6.07, 6.45) is 0.555. The van der Waals surface area contributed by atoms with Crippen molar-refractivity contribution in [1.82, 2.24) is 5.32 Å². The van der Waals surface area contributed by atoms with Gasteiger partial charge in [-0.3, -0.25) is 0 Å². The van der Waals surface area contributed by atoms with Crippen molar-refractivity contribution in [2.24, 2.45) is 0 Å². The smallest absolute Gasteiger partial charge is 0.407 e. The number of amides is 1. The summed E-state index contributed by atoms with van der Waals surface area (Å²) < 4.78 is 6.22. The minimum atomic E-state index is -0.356. The minimum Gasteiger partial charge on any atom is -0.445 e. The maximum atomic E-state index is 11.9. The molecule has 0 spiro atoms. The van der Waals surface area contributed by atoms with Crippen LogP contribution in [0.25, 0.3) is 0 Å². The number of nitrogens with one attached hydrogen (secondary N) is 1. The number of rotatable bonds is 7. The zero-order valence-electron chi connectivity index (χ0n) is 14.0. The monoisotopic (exact) mass is 293 g/mol. The highest BCUT2D eigenvalue weighted by atomic mass is 16.5. The van der Waals surface area contributed by atoms with Gasteiger partial charge in [-0.15, -0.1) is 0 Å². The van der Waals surface area contributed by atoms with E-state index in [1.165, 1.54) is 0 Å². The van der Waals surface area contributed by atoms with E-state index in [1.807, 2.05) is 44.2 Å². The van der Waals surface area contributed by atoms with Crippen molar-refractivity contribution in [3.8, 4) is 0 Å². The first-order chi connectivity index (χ1) is 9.74. The van der Waals surface area contributed by atoms with Crippen molar-refractivity contribution in [2.45, 2.75) is 39.3 Å². The summed E-state index contributed by atoms with van der Waals surface area (Å²) in [5.74, 6) is 0. The van der Waals surface area contributed by atoms with Gasteiger partial charge in [-0.05, 0) is 26.3 Å². The van der Waals surface area contributed by atoms with Gasteiger partial charge in [0.25, 0.3) is 0 Å². The van der Waals surface area contributed by atoms with Crippen LogP contribution in [0.2, 0.25) is 0 Å². The second kappa shape index (κ2) is 7.46. The zero-order valence-corrected chi connectivity index (χ0v) is 14.0. The topological polar surface area (TPSA) is 38.3 Å². The van der Waals surface area contributed by atoms with Gasteiger partial charge in [-0.1, -0.05) is 30.3 Å². The van der Waals surface area contributed by atoms with E-state index in [4.69, 9.17) is 4.74 Å². The van der Waals surface area contributed by atoms with Crippen molar-refractivity contribution in [1.29, 1.82) is 0 Å². The van der Waals surface area contributed by atoms with Crippen molar-refractivity contribution in [2.75, 3.05) is 27.2 Å². The normalized spacial score (nSPS) is 12.0. The lowest BCUT2D eigenvalue weighted by atomic mass is 10.0. The number of benzene rings is 1. The summed E-state index contributed by atoms with van der Waals surface area (Å²) in [5.41, 5.74) is 0.729. The van der Waals surface area contributed by atoms with E-state index in [0.717, 1.165) is 29.6 Å². The van der Waals surface area contributed by atoms with Crippen molar-refractivity contribution < 1.29 is 14.0 Å². The summed E-state index contributed by atoms with van der Waals surface area (Å²) in [6, 6.07) is 9.70. The molecule has 0 aromatic heterocycles. The Morgan fingerprint density at radius 2 is 1.86 bits per heavy atom. The quantitative estimate of drug-likeness (QED) is 0.784. The molecule has 0 aliphatic rings. The van der Waals surface area contributed by atoms with Crippen LogP contribution in [0.1, 0.15) is 32.8 Å². The van der Waals surface area contributed by atoms with Crippen LogP contribution >= 0.6 is 0 Å². The molecule has 0 atom stereocenters. The molecule has 0 heterocycles. The molecule has 21 heavy (non-hydrogen) atoms. The number of carbonyl (C=O) groups is 1. The van der Waals surface area contributed by atoms with Gasteiger partial charge in [0.1, 0.15) is 6.61 Å². The van der Waals surface area contributed by atoms with E-state index in [9.17, 15) is 4.79 Å². The number of ether oxygens (including phenoxy) is 1. The molecular weight excluding hydrogens is 264 g/mol. The van der Waals surface area contributed by atoms with E-state index in [0.29, 0.717) is 6.61 Å². The van der Waals surface area contributed by atoms with Crippen molar-refractivity contribution in [3.63, 3.8) is 0 Å². The lowest BCUT2D eigenvalue weighted by Crippen LogP contribution is -2.49. The van der Waals surface area contributed by atoms with E-state index >= 15 is 0 Å². The summed E-state index contributed by atoms with van der Waals surface area (Å²) in [6.45, 7) is 8.64. The number of hydrogen-bond acceptors (Lipinski definition) is 2. The maximum absolute atomic E-state index is 11.9. The van der Waals surface area contributed by atoms with Gasteiger partial charge < -0.3 is 14.5 Å². The lowest BCUT2D eigenvalue weighted by molar-refractivity contribution is -0.889. The summed E-state index contributed by atoms with van der Waals surface area (Å²) in [4.78, 5) is 11.9. The molecule has 0 aliphatic carbocycles. The van der Waals surface area contributed by atoms with E-state index in [2.05, 4.69) is 26.3 Å². The second-order valence-electron chi connectivity index (χ2n) is 6.80. The molecule has 4 nitrogen and oxygen atoms in total. The molecule has 0 aliphatic heterocycles. The first-order valence-electron chi connectivity index (χ1n) is 7.55. The first kappa shape index (κ1) is 17.5. The molecule has 0 bridgehead atoms. The Hall–Kier alpha value is -1.55. The van der Waals surface area contributed by atoms with E-state index < -0.39 is 0 Å². The molecule has 0 saturated heterocycles. The Morgan fingerprint density at radius 3 is 2.43 bits per heavy atom. The van der Waals surface area contributed by atoms with Crippen LogP contribution in [-0.4, -0.2) is 43.3 Å². The Labute approximate surface area is 128 Å². The Balaban J connectivity index is 2.38.